The first-order valence-electron chi connectivity index (χ1n) is 10.5. The number of rotatable bonds is 9. The van der Waals surface area contributed by atoms with Crippen molar-refractivity contribution in [1.29, 1.82) is 0 Å². The summed E-state index contributed by atoms with van der Waals surface area (Å²) in [6, 6.07) is 20.8. The number of hydrogen-bond acceptors (Lipinski definition) is 5. The van der Waals surface area contributed by atoms with Crippen LogP contribution in [0.4, 0.5) is 14.5 Å². The van der Waals surface area contributed by atoms with E-state index in [2.05, 4.69) is 27.6 Å². The van der Waals surface area contributed by atoms with E-state index in [4.69, 9.17) is 4.74 Å². The minimum absolute atomic E-state index is 0.0328. The molecule has 0 aliphatic rings. The van der Waals surface area contributed by atoms with Crippen LogP contribution in [0.2, 0.25) is 0 Å². The highest BCUT2D eigenvalue weighted by molar-refractivity contribution is 7.99. The number of amides is 1. The third-order valence-corrected chi connectivity index (χ3v) is 6.03. The average molecular weight is 481 g/mol. The summed E-state index contributed by atoms with van der Waals surface area (Å²) in [7, 11) is 1.61. The Morgan fingerprint density at radius 1 is 1.00 bits per heavy atom. The zero-order valence-corrected chi connectivity index (χ0v) is 19.2. The summed E-state index contributed by atoms with van der Waals surface area (Å²) in [6.45, 7) is 0.617. The van der Waals surface area contributed by atoms with Gasteiger partial charge in [0.1, 0.15) is 5.75 Å². The fraction of sp³-hybridized carbons (Fsp3) is 0.160. The molecule has 1 N–H and O–H groups in total. The monoisotopic (exact) mass is 480 g/mol. The van der Waals surface area contributed by atoms with Gasteiger partial charge in [0, 0.05) is 23.9 Å². The van der Waals surface area contributed by atoms with E-state index in [-0.39, 0.29) is 17.3 Å². The second-order valence-electron chi connectivity index (χ2n) is 7.39. The number of nitrogens with one attached hydrogen (secondary N) is 1. The minimum Gasteiger partial charge on any atom is -0.497 e. The molecule has 0 spiro atoms. The van der Waals surface area contributed by atoms with Crippen molar-refractivity contribution >= 4 is 23.4 Å². The van der Waals surface area contributed by atoms with Crippen molar-refractivity contribution in [1.82, 2.24) is 14.8 Å². The molecule has 1 heterocycles. The van der Waals surface area contributed by atoms with Crippen LogP contribution in [-0.4, -0.2) is 33.5 Å². The number of methoxy groups -OCH3 is 1. The Morgan fingerprint density at radius 2 is 1.76 bits per heavy atom. The van der Waals surface area contributed by atoms with Crippen LogP contribution < -0.4 is 10.1 Å². The van der Waals surface area contributed by atoms with E-state index in [1.54, 1.807) is 7.11 Å². The lowest BCUT2D eigenvalue weighted by atomic mass is 10.1. The van der Waals surface area contributed by atoms with E-state index in [1.807, 2.05) is 47.0 Å². The summed E-state index contributed by atoms with van der Waals surface area (Å²) in [5, 5.41) is 11.8. The predicted octanol–water partition coefficient (Wildman–Crippen LogP) is 5.21. The fourth-order valence-electron chi connectivity index (χ4n) is 3.34. The van der Waals surface area contributed by atoms with Gasteiger partial charge in [-0.05, 0) is 48.4 Å². The predicted molar refractivity (Wildman–Crippen MR) is 128 cm³/mol. The zero-order chi connectivity index (χ0) is 23.9. The number of hydrogen-bond donors (Lipinski definition) is 1. The number of halogens is 2. The van der Waals surface area contributed by atoms with E-state index in [1.165, 1.54) is 23.4 Å². The number of aromatic nitrogens is 3. The molecule has 174 valence electrons. The van der Waals surface area contributed by atoms with Crippen molar-refractivity contribution in [2.45, 2.75) is 18.1 Å². The third kappa shape index (κ3) is 5.79. The van der Waals surface area contributed by atoms with Gasteiger partial charge in [-0.15, -0.1) is 10.2 Å². The summed E-state index contributed by atoms with van der Waals surface area (Å²) < 4.78 is 33.7. The van der Waals surface area contributed by atoms with Crippen LogP contribution in [-0.2, 0) is 17.8 Å². The average Bonchev–Trinajstić information content (AvgIpc) is 3.27. The third-order valence-electron chi connectivity index (χ3n) is 5.07. The molecular formula is C25H22F2N4O2S. The molecule has 0 bridgehead atoms. The molecule has 0 radical (unpaired) electrons. The van der Waals surface area contributed by atoms with Gasteiger partial charge >= 0.3 is 0 Å². The van der Waals surface area contributed by atoms with Crippen molar-refractivity contribution in [2.75, 3.05) is 18.2 Å². The highest BCUT2D eigenvalue weighted by atomic mass is 32.2. The van der Waals surface area contributed by atoms with E-state index in [0.29, 0.717) is 17.5 Å². The Kier molecular flexibility index (Phi) is 7.54. The topological polar surface area (TPSA) is 69.0 Å². The summed E-state index contributed by atoms with van der Waals surface area (Å²) in [5.74, 6) is -0.894. The summed E-state index contributed by atoms with van der Waals surface area (Å²) in [4.78, 5) is 12.4. The second kappa shape index (κ2) is 10.9. The molecule has 0 fully saturated rings. The van der Waals surface area contributed by atoms with Crippen molar-refractivity contribution in [3.63, 3.8) is 0 Å². The Labute approximate surface area is 200 Å². The number of carbonyl (C=O) groups excluding carboxylic acids is 1. The van der Waals surface area contributed by atoms with Gasteiger partial charge in [-0.3, -0.25) is 4.79 Å². The molecule has 0 aliphatic heterocycles. The molecule has 9 heteroatoms. The van der Waals surface area contributed by atoms with Crippen LogP contribution in [0.1, 0.15) is 5.56 Å². The first-order chi connectivity index (χ1) is 16.5. The van der Waals surface area contributed by atoms with Gasteiger partial charge in [0.25, 0.3) is 0 Å². The molecule has 0 unspecified atom stereocenters. The molecule has 4 rings (SSSR count). The first-order valence-corrected chi connectivity index (χ1v) is 11.5. The molecule has 34 heavy (non-hydrogen) atoms. The molecule has 1 amide bonds. The van der Waals surface area contributed by atoms with Crippen LogP contribution >= 0.6 is 11.8 Å². The number of aryl methyl sites for hydroxylation is 1. The molecule has 3 aromatic carbocycles. The molecular weight excluding hydrogens is 458 g/mol. The fourth-order valence-corrected chi connectivity index (χ4v) is 4.10. The van der Waals surface area contributed by atoms with Crippen molar-refractivity contribution in [3.05, 3.63) is 90.0 Å². The number of benzene rings is 3. The quantitative estimate of drug-likeness (QED) is 0.333. The maximum Gasteiger partial charge on any atom is 0.234 e. The van der Waals surface area contributed by atoms with Crippen LogP contribution in [0, 0.1) is 11.6 Å². The normalized spacial score (nSPS) is 10.8. The number of thioether (sulfide) groups is 1. The second-order valence-corrected chi connectivity index (χ2v) is 8.33. The Balaban J connectivity index is 1.51. The Hall–Kier alpha value is -3.72. The minimum atomic E-state index is -1.02. The van der Waals surface area contributed by atoms with Crippen molar-refractivity contribution in [2.24, 2.45) is 0 Å². The van der Waals surface area contributed by atoms with Gasteiger partial charge in [-0.1, -0.05) is 42.1 Å². The van der Waals surface area contributed by atoms with E-state index < -0.39 is 11.6 Å². The highest BCUT2D eigenvalue weighted by Gasteiger charge is 2.16. The number of ether oxygens (including phenoxy) is 1. The summed E-state index contributed by atoms with van der Waals surface area (Å²) in [5.41, 5.74) is 2.23. The first kappa shape index (κ1) is 23.4. The smallest absolute Gasteiger partial charge is 0.234 e. The van der Waals surface area contributed by atoms with E-state index in [9.17, 15) is 13.6 Å². The van der Waals surface area contributed by atoms with Gasteiger partial charge in [-0.25, -0.2) is 8.78 Å². The zero-order valence-electron chi connectivity index (χ0n) is 18.4. The molecule has 0 saturated carbocycles. The van der Waals surface area contributed by atoms with Gasteiger partial charge in [0.05, 0.1) is 12.9 Å². The largest absolute Gasteiger partial charge is 0.497 e. The van der Waals surface area contributed by atoms with Crippen LogP contribution in [0.25, 0.3) is 11.4 Å². The maximum absolute atomic E-state index is 13.4. The molecule has 4 aromatic rings. The number of anilines is 1. The standard InChI is InChI=1S/C25H22F2N4O2S/c1-33-20-10-7-18(8-11-20)24-29-30-25(31(24)14-13-17-5-3-2-4-6-17)34-16-23(32)28-19-9-12-21(26)22(27)15-19/h2-12,15H,13-14,16H2,1H3,(H,28,32). The highest BCUT2D eigenvalue weighted by Crippen LogP contribution is 2.26. The molecule has 0 saturated heterocycles. The number of nitrogens with zero attached hydrogens (tertiary/aromatic N) is 3. The summed E-state index contributed by atoms with van der Waals surface area (Å²) >= 11 is 1.22. The van der Waals surface area contributed by atoms with Gasteiger partial charge < -0.3 is 14.6 Å². The van der Waals surface area contributed by atoms with Gasteiger partial charge in [-0.2, -0.15) is 0 Å². The lowest BCUT2D eigenvalue weighted by Gasteiger charge is -2.11. The van der Waals surface area contributed by atoms with Gasteiger partial charge in [0.15, 0.2) is 22.6 Å². The lowest BCUT2D eigenvalue weighted by molar-refractivity contribution is -0.113. The van der Waals surface area contributed by atoms with E-state index in [0.717, 1.165) is 29.9 Å². The van der Waals surface area contributed by atoms with Gasteiger partial charge in [0.2, 0.25) is 5.91 Å². The maximum atomic E-state index is 13.4. The van der Waals surface area contributed by atoms with Crippen LogP contribution in [0.15, 0.2) is 78.0 Å². The molecule has 6 nitrogen and oxygen atoms in total. The van der Waals surface area contributed by atoms with E-state index >= 15 is 0 Å². The number of carbonyl (C=O) groups is 1. The van der Waals surface area contributed by atoms with Crippen LogP contribution in [0.5, 0.6) is 5.75 Å². The SMILES string of the molecule is COc1ccc(-c2nnc(SCC(=O)Nc3ccc(F)c(F)c3)n2CCc2ccccc2)cc1. The Bertz CT molecular complexity index is 1260. The molecule has 1 aromatic heterocycles. The van der Waals surface area contributed by atoms with Crippen LogP contribution in [0.3, 0.4) is 0 Å². The Morgan fingerprint density at radius 3 is 2.47 bits per heavy atom. The molecule has 0 aliphatic carbocycles. The summed E-state index contributed by atoms with van der Waals surface area (Å²) in [6.07, 6.45) is 0.761. The van der Waals surface area contributed by atoms with Crippen molar-refractivity contribution < 1.29 is 18.3 Å². The molecule has 0 atom stereocenters. The lowest BCUT2D eigenvalue weighted by Crippen LogP contribution is -2.15. The van der Waals surface area contributed by atoms with Crippen molar-refractivity contribution in [3.8, 4) is 17.1 Å².